The van der Waals surface area contributed by atoms with Crippen molar-refractivity contribution in [3.63, 3.8) is 0 Å². The fourth-order valence-electron chi connectivity index (χ4n) is 7.51. The molecule has 46 heavy (non-hydrogen) atoms. The molecular weight excluding hydrogens is 604 g/mol. The summed E-state index contributed by atoms with van der Waals surface area (Å²) in [6.07, 6.45) is 0. The molecule has 0 N–H and O–H groups in total. The van der Waals surface area contributed by atoms with Crippen LogP contribution in [0.3, 0.4) is 0 Å². The zero-order valence-corrected chi connectivity index (χ0v) is 23.6. The van der Waals surface area contributed by atoms with Gasteiger partial charge in [0.15, 0.2) is 0 Å². The van der Waals surface area contributed by atoms with Gasteiger partial charge in [-0.2, -0.15) is 0 Å². The fourth-order valence-corrected chi connectivity index (χ4v) is 7.51. The Labute approximate surface area is 259 Å². The number of carbonyl (C=O) groups excluding carboxylic acids is 4. The van der Waals surface area contributed by atoms with E-state index in [1.54, 1.807) is 10.0 Å². The predicted octanol–water partition coefficient (Wildman–Crippen LogP) is 4.69. The molecule has 4 saturated heterocycles. The smallest absolute Gasteiger partial charge is 0.253 e. The number of amides is 4. The Morgan fingerprint density at radius 1 is 0.370 bits per heavy atom. The van der Waals surface area contributed by atoms with E-state index in [1.807, 2.05) is 0 Å². The number of halogens is 4. The molecule has 4 aliphatic rings. The van der Waals surface area contributed by atoms with Crippen LogP contribution in [0.1, 0.15) is 23.2 Å². The number of hydrogen-bond acceptors (Lipinski definition) is 6. The summed E-state index contributed by atoms with van der Waals surface area (Å²) in [5.74, 6) is -7.00. The number of nitrogens with zero attached hydrogens (tertiary/aromatic N) is 4. The molecule has 0 aromatic heterocycles. The molecule has 0 bridgehead atoms. The van der Waals surface area contributed by atoms with Crippen molar-refractivity contribution >= 4 is 35.0 Å². The summed E-state index contributed by atoms with van der Waals surface area (Å²) in [4.78, 5) is 59.0. The molecule has 12 heteroatoms. The topological polar surface area (TPSA) is 81.2 Å². The maximum absolute atomic E-state index is 14.3. The van der Waals surface area contributed by atoms with Gasteiger partial charge in [0, 0.05) is 0 Å². The van der Waals surface area contributed by atoms with Crippen molar-refractivity contribution in [2.75, 3.05) is 9.80 Å². The second kappa shape index (κ2) is 10.2. The van der Waals surface area contributed by atoms with Crippen molar-refractivity contribution < 1.29 is 36.7 Å². The molecule has 230 valence electrons. The zero-order chi connectivity index (χ0) is 32.0. The summed E-state index contributed by atoms with van der Waals surface area (Å²) in [5.41, 5.74) is 1.12. The van der Waals surface area contributed by atoms with Crippen LogP contribution < -0.4 is 9.80 Å². The minimum atomic E-state index is -1.21. The van der Waals surface area contributed by atoms with Crippen LogP contribution in [0, 0.1) is 35.1 Å². The lowest BCUT2D eigenvalue weighted by molar-refractivity contribution is -0.136. The van der Waals surface area contributed by atoms with Crippen LogP contribution in [0.4, 0.5) is 28.9 Å². The Morgan fingerprint density at radius 3 is 0.957 bits per heavy atom. The molecule has 0 saturated carbocycles. The van der Waals surface area contributed by atoms with Crippen molar-refractivity contribution in [1.29, 1.82) is 0 Å². The maximum Gasteiger partial charge on any atom is 0.253 e. The van der Waals surface area contributed by atoms with Gasteiger partial charge >= 0.3 is 0 Å². The van der Waals surface area contributed by atoms with Crippen molar-refractivity contribution in [3.8, 4) is 0 Å². The van der Waals surface area contributed by atoms with E-state index in [2.05, 4.69) is 0 Å². The monoisotopic (exact) mass is 626 g/mol. The van der Waals surface area contributed by atoms with Crippen LogP contribution in [-0.2, 0) is 19.2 Å². The molecule has 8 rings (SSSR count). The average Bonchev–Trinajstić information content (AvgIpc) is 3.71. The summed E-state index contributed by atoms with van der Waals surface area (Å²) < 4.78 is 55.8. The Balaban J connectivity index is 1.32. The molecule has 4 fully saturated rings. The van der Waals surface area contributed by atoms with Gasteiger partial charge in [-0.15, -0.1) is 0 Å². The summed E-state index contributed by atoms with van der Waals surface area (Å²) in [7, 11) is 0. The molecule has 4 amide bonds. The largest absolute Gasteiger partial charge is 0.274 e. The van der Waals surface area contributed by atoms with E-state index in [4.69, 9.17) is 0 Å². The van der Waals surface area contributed by atoms with E-state index in [-0.39, 0.29) is 11.4 Å². The Bertz CT molecular complexity index is 1780. The molecule has 0 spiro atoms. The molecule has 6 atom stereocenters. The number of anilines is 2. The second-order valence-electron chi connectivity index (χ2n) is 11.7. The van der Waals surface area contributed by atoms with Crippen LogP contribution in [0.25, 0.3) is 0 Å². The Kier molecular flexibility index (Phi) is 6.25. The molecular formula is C34H22F4N4O4. The van der Waals surface area contributed by atoms with E-state index in [1.165, 1.54) is 72.8 Å². The van der Waals surface area contributed by atoms with Crippen molar-refractivity contribution in [1.82, 2.24) is 10.0 Å². The van der Waals surface area contributed by atoms with Gasteiger partial charge in [-0.1, -0.05) is 24.3 Å². The summed E-state index contributed by atoms with van der Waals surface area (Å²) in [5, 5.41) is 3.14. The predicted molar refractivity (Wildman–Crippen MR) is 154 cm³/mol. The number of benzene rings is 4. The SMILES string of the molecule is O=C1[C@@H]2[C@@H](C(=O)N1c1ccc(F)cc1)N1[C@@H](c3ccc(F)cc3)[C@H]3C(=O)N(c4ccc(F)cc4)C(=O)[C@@H]3N1[C@H]2c1ccc(F)cc1. The molecule has 4 aromatic rings. The van der Waals surface area contributed by atoms with Gasteiger partial charge in [0.05, 0.1) is 35.3 Å². The lowest BCUT2D eigenvalue weighted by Gasteiger charge is -2.35. The highest BCUT2D eigenvalue weighted by molar-refractivity contribution is 6.26. The summed E-state index contributed by atoms with van der Waals surface area (Å²) in [6.45, 7) is 0. The standard InChI is InChI=1S/C34H22F4N4O4/c35-19-5-1-17(2-6-19)27-25-29(33(45)39(31(25)43)23-13-9-21(37)10-14-23)42-28(18-3-7-20(36)8-4-18)26-30(41(27)42)34(46)40(32(26)44)24-15-11-22(38)12-16-24/h1-16,25-30H/t25-,26+,27-,28-,29-,30+/m0/s1. The van der Waals surface area contributed by atoms with Gasteiger partial charge in [0.1, 0.15) is 35.4 Å². The molecule has 8 nitrogen and oxygen atoms in total. The number of imide groups is 2. The van der Waals surface area contributed by atoms with Crippen LogP contribution in [0.15, 0.2) is 97.1 Å². The van der Waals surface area contributed by atoms with Crippen LogP contribution in [-0.4, -0.2) is 45.7 Å². The third-order valence-corrected chi connectivity index (χ3v) is 9.32. The molecule has 0 radical (unpaired) electrons. The van der Waals surface area contributed by atoms with E-state index in [0.717, 1.165) is 34.1 Å². The first kappa shape index (κ1) is 28.3. The minimum absolute atomic E-state index is 0.141. The molecule has 0 aliphatic carbocycles. The molecule has 4 heterocycles. The fraction of sp³-hybridized carbons (Fsp3) is 0.176. The van der Waals surface area contributed by atoms with Gasteiger partial charge in [0.2, 0.25) is 11.8 Å². The highest BCUT2D eigenvalue weighted by Gasteiger charge is 2.73. The summed E-state index contributed by atoms with van der Waals surface area (Å²) >= 11 is 0. The van der Waals surface area contributed by atoms with Crippen LogP contribution in [0.5, 0.6) is 0 Å². The van der Waals surface area contributed by atoms with Gasteiger partial charge in [-0.25, -0.2) is 37.4 Å². The number of hydrazine groups is 1. The second-order valence-corrected chi connectivity index (χ2v) is 11.7. The molecule has 0 unspecified atom stereocenters. The third kappa shape index (κ3) is 3.93. The van der Waals surface area contributed by atoms with E-state index >= 15 is 0 Å². The van der Waals surface area contributed by atoms with Gasteiger partial charge in [-0.05, 0) is 83.9 Å². The van der Waals surface area contributed by atoms with Crippen molar-refractivity contribution in [2.24, 2.45) is 11.8 Å². The number of carbonyl (C=O) groups is 4. The van der Waals surface area contributed by atoms with Crippen molar-refractivity contribution in [3.05, 3.63) is 131 Å². The zero-order valence-electron chi connectivity index (χ0n) is 23.6. The highest BCUT2D eigenvalue weighted by atomic mass is 19.1. The first-order chi connectivity index (χ1) is 22.2. The molecule has 4 aliphatic heterocycles. The first-order valence-electron chi connectivity index (χ1n) is 14.5. The number of fused-ring (bicyclic) bond motifs is 5. The third-order valence-electron chi connectivity index (χ3n) is 9.32. The van der Waals surface area contributed by atoms with Gasteiger partial charge < -0.3 is 0 Å². The van der Waals surface area contributed by atoms with Crippen LogP contribution >= 0.6 is 0 Å². The van der Waals surface area contributed by atoms with Gasteiger partial charge in [0.25, 0.3) is 11.8 Å². The molecule has 4 aromatic carbocycles. The summed E-state index contributed by atoms with van der Waals surface area (Å²) in [6, 6.07) is 15.9. The van der Waals surface area contributed by atoms with E-state index < -0.39 is 82.9 Å². The first-order valence-corrected chi connectivity index (χ1v) is 14.5. The normalized spacial score (nSPS) is 27.5. The van der Waals surface area contributed by atoms with Crippen molar-refractivity contribution in [2.45, 2.75) is 24.2 Å². The number of rotatable bonds is 4. The Morgan fingerprint density at radius 2 is 0.652 bits per heavy atom. The maximum atomic E-state index is 14.3. The average molecular weight is 627 g/mol. The van der Waals surface area contributed by atoms with Gasteiger partial charge in [-0.3, -0.25) is 19.2 Å². The van der Waals surface area contributed by atoms with Crippen LogP contribution in [0.2, 0.25) is 0 Å². The highest BCUT2D eigenvalue weighted by Crippen LogP contribution is 2.59. The van der Waals surface area contributed by atoms with E-state index in [0.29, 0.717) is 11.1 Å². The Hall–Kier alpha value is -5.20. The lowest BCUT2D eigenvalue weighted by atomic mass is 9.84. The quantitative estimate of drug-likeness (QED) is 0.242. The lowest BCUT2D eigenvalue weighted by Crippen LogP contribution is -2.50. The minimum Gasteiger partial charge on any atom is -0.274 e. The number of hydrogen-bond donors (Lipinski definition) is 0. The van der Waals surface area contributed by atoms with E-state index in [9.17, 15) is 36.7 Å².